The average molecular weight is 512 g/mol. The van der Waals surface area contributed by atoms with Crippen LogP contribution in [0.15, 0.2) is 22.1 Å². The highest BCUT2D eigenvalue weighted by Gasteiger charge is 2.26. The number of aryl methyl sites for hydroxylation is 1. The number of piperidine rings is 1. The molecule has 0 unspecified atom stereocenters. The van der Waals surface area contributed by atoms with Crippen molar-refractivity contribution in [2.45, 2.75) is 71.3 Å². The first-order valence-electron chi connectivity index (χ1n) is 14.2. The van der Waals surface area contributed by atoms with Gasteiger partial charge in [-0.05, 0) is 84.6 Å². The molecule has 2 amide bonds. The fourth-order valence-electron chi connectivity index (χ4n) is 5.58. The van der Waals surface area contributed by atoms with Crippen LogP contribution in [-0.2, 0) is 16.1 Å². The minimum atomic E-state index is 0.0597. The molecule has 2 saturated heterocycles. The van der Waals surface area contributed by atoms with E-state index in [0.717, 1.165) is 81.0 Å². The van der Waals surface area contributed by atoms with Gasteiger partial charge in [-0.15, -0.1) is 0 Å². The number of carbonyl (C=O) groups is 2. The number of oxazole rings is 1. The number of nitrogens with one attached hydrogen (secondary N) is 1. The zero-order valence-electron chi connectivity index (χ0n) is 23.1. The molecule has 0 atom stereocenters. The van der Waals surface area contributed by atoms with Crippen molar-refractivity contribution in [2.24, 2.45) is 5.92 Å². The molecule has 2 aliphatic heterocycles. The third-order valence-electron chi connectivity index (χ3n) is 7.98. The second-order valence-electron chi connectivity index (χ2n) is 11.1. The molecular formula is C29H45N5O3. The Morgan fingerprint density at radius 3 is 2.41 bits per heavy atom. The lowest BCUT2D eigenvalue weighted by Gasteiger charge is -2.30. The molecular weight excluding hydrogens is 466 g/mol. The van der Waals surface area contributed by atoms with Crippen molar-refractivity contribution in [2.75, 3.05) is 53.4 Å². The third-order valence-corrected chi connectivity index (χ3v) is 7.98. The van der Waals surface area contributed by atoms with Gasteiger partial charge in [0.05, 0.1) is 5.69 Å². The fraction of sp³-hybridized carbons (Fsp3) is 0.690. The van der Waals surface area contributed by atoms with E-state index in [1.54, 1.807) is 19.0 Å². The largest absolute Gasteiger partial charge is 0.441 e. The van der Waals surface area contributed by atoms with Gasteiger partial charge in [-0.1, -0.05) is 25.0 Å². The van der Waals surface area contributed by atoms with Crippen molar-refractivity contribution in [3.63, 3.8) is 0 Å². The van der Waals surface area contributed by atoms with Crippen LogP contribution >= 0.6 is 0 Å². The molecule has 8 heteroatoms. The lowest BCUT2D eigenvalue weighted by molar-refractivity contribution is -0.126. The Bertz CT molecular complexity index is 980. The summed E-state index contributed by atoms with van der Waals surface area (Å²) in [5, 5.41) is 3.19. The van der Waals surface area contributed by atoms with Crippen LogP contribution in [0, 0.1) is 12.8 Å². The predicted octanol–water partition coefficient (Wildman–Crippen LogP) is 3.77. The van der Waals surface area contributed by atoms with Gasteiger partial charge in [-0.3, -0.25) is 14.5 Å². The number of carbonyl (C=O) groups excluding carboxylic acids is 2. The summed E-state index contributed by atoms with van der Waals surface area (Å²) in [7, 11) is 3.55. The van der Waals surface area contributed by atoms with E-state index in [9.17, 15) is 9.59 Å². The molecule has 0 bridgehead atoms. The van der Waals surface area contributed by atoms with Crippen LogP contribution in [0.5, 0.6) is 0 Å². The molecule has 0 saturated carbocycles. The molecule has 204 valence electrons. The summed E-state index contributed by atoms with van der Waals surface area (Å²) in [5.74, 6) is 1.90. The molecule has 1 aliphatic carbocycles. The Hall–Kier alpha value is -2.45. The Balaban J connectivity index is 1.19. The number of nitrogens with zero attached hydrogens (tertiary/aromatic N) is 4. The normalized spacial score (nSPS) is 20.2. The molecule has 3 aliphatic rings. The van der Waals surface area contributed by atoms with Crippen molar-refractivity contribution in [3.05, 3.63) is 35.1 Å². The summed E-state index contributed by atoms with van der Waals surface area (Å²) in [6, 6.07) is 0. The molecule has 4 rings (SSSR count). The van der Waals surface area contributed by atoms with Gasteiger partial charge >= 0.3 is 0 Å². The molecule has 1 N–H and O–H groups in total. The van der Waals surface area contributed by atoms with Gasteiger partial charge in [0.2, 0.25) is 17.7 Å². The summed E-state index contributed by atoms with van der Waals surface area (Å²) in [4.78, 5) is 36.2. The topological polar surface area (TPSA) is 81.9 Å². The second kappa shape index (κ2) is 13.4. The van der Waals surface area contributed by atoms with E-state index in [1.807, 2.05) is 19.1 Å². The average Bonchev–Trinajstić information content (AvgIpc) is 3.09. The van der Waals surface area contributed by atoms with E-state index in [4.69, 9.17) is 9.40 Å². The summed E-state index contributed by atoms with van der Waals surface area (Å²) in [6.45, 7) is 8.82. The molecule has 0 radical (unpaired) electrons. The smallest absolute Gasteiger partial charge is 0.249 e. The number of aromatic nitrogens is 1. The number of allylic oxidation sites excluding steroid dienone is 3. The third kappa shape index (κ3) is 7.77. The van der Waals surface area contributed by atoms with Crippen LogP contribution in [0.4, 0.5) is 0 Å². The number of rotatable bonds is 9. The first kappa shape index (κ1) is 27.6. The Morgan fingerprint density at radius 1 is 1.03 bits per heavy atom. The van der Waals surface area contributed by atoms with Crippen LogP contribution in [0.3, 0.4) is 0 Å². The van der Waals surface area contributed by atoms with Gasteiger partial charge < -0.3 is 19.5 Å². The van der Waals surface area contributed by atoms with Crippen molar-refractivity contribution < 1.29 is 14.0 Å². The molecule has 0 spiro atoms. The monoisotopic (exact) mass is 511 g/mol. The van der Waals surface area contributed by atoms with Gasteiger partial charge in [0.15, 0.2) is 0 Å². The van der Waals surface area contributed by atoms with Gasteiger partial charge in [0.25, 0.3) is 0 Å². The van der Waals surface area contributed by atoms with E-state index in [0.29, 0.717) is 12.3 Å². The zero-order chi connectivity index (χ0) is 26.2. The standard InChI is InChI=1S/C29H45N5O3/c1-22-26(31-28(37-22)24-9-11-25(12-10-24)29(36)32(2)3)21-34-19-13-23(14-20-34)27(35)30-15-8-18-33-16-6-4-5-7-17-33/h9,11,23H,4-8,10,12-21H2,1-3H3,(H,30,35). The fourth-order valence-corrected chi connectivity index (χ4v) is 5.58. The molecule has 37 heavy (non-hydrogen) atoms. The summed E-state index contributed by atoms with van der Waals surface area (Å²) >= 11 is 0. The van der Waals surface area contributed by atoms with E-state index in [1.165, 1.54) is 38.8 Å². The number of hydrogen-bond donors (Lipinski definition) is 1. The SMILES string of the molecule is Cc1oc(C2=CC=C(C(=O)N(C)C)CC2)nc1CN1CCC(C(=O)NCCCN2CCCCCC2)CC1. The van der Waals surface area contributed by atoms with Crippen molar-refractivity contribution in [3.8, 4) is 0 Å². The summed E-state index contributed by atoms with van der Waals surface area (Å²) in [6.07, 6.45) is 13.5. The van der Waals surface area contributed by atoms with Gasteiger partial charge in [-0.25, -0.2) is 4.98 Å². The maximum Gasteiger partial charge on any atom is 0.249 e. The highest BCUT2D eigenvalue weighted by Crippen LogP contribution is 2.29. The molecule has 1 aromatic heterocycles. The Kier molecular flexibility index (Phi) is 9.97. The summed E-state index contributed by atoms with van der Waals surface area (Å²) < 4.78 is 6.01. The number of hydrogen-bond acceptors (Lipinski definition) is 6. The van der Waals surface area contributed by atoms with E-state index in [2.05, 4.69) is 15.1 Å². The minimum absolute atomic E-state index is 0.0597. The second-order valence-corrected chi connectivity index (χ2v) is 11.1. The predicted molar refractivity (Wildman–Crippen MR) is 146 cm³/mol. The lowest BCUT2D eigenvalue weighted by Crippen LogP contribution is -2.41. The Morgan fingerprint density at radius 2 is 1.76 bits per heavy atom. The number of likely N-dealkylation sites (tertiary alicyclic amines) is 2. The van der Waals surface area contributed by atoms with Gasteiger partial charge in [0.1, 0.15) is 5.76 Å². The first-order chi connectivity index (χ1) is 17.9. The summed E-state index contributed by atoms with van der Waals surface area (Å²) in [5.41, 5.74) is 2.82. The van der Waals surface area contributed by atoms with Crippen LogP contribution in [0.2, 0.25) is 0 Å². The van der Waals surface area contributed by atoms with E-state index < -0.39 is 0 Å². The maximum absolute atomic E-state index is 12.7. The van der Waals surface area contributed by atoms with Crippen molar-refractivity contribution in [1.82, 2.24) is 25.0 Å². The van der Waals surface area contributed by atoms with Crippen LogP contribution in [0.25, 0.3) is 5.57 Å². The first-order valence-corrected chi connectivity index (χ1v) is 14.2. The number of amides is 2. The zero-order valence-corrected chi connectivity index (χ0v) is 23.1. The number of likely N-dealkylation sites (N-methyl/N-ethyl adjacent to an activating group) is 1. The van der Waals surface area contributed by atoms with Gasteiger partial charge in [0, 0.05) is 44.2 Å². The van der Waals surface area contributed by atoms with Crippen molar-refractivity contribution >= 4 is 17.4 Å². The van der Waals surface area contributed by atoms with Crippen LogP contribution < -0.4 is 5.32 Å². The minimum Gasteiger partial charge on any atom is -0.441 e. The Labute approximate surface area is 222 Å². The van der Waals surface area contributed by atoms with Crippen LogP contribution in [0.1, 0.15) is 75.1 Å². The van der Waals surface area contributed by atoms with Gasteiger partial charge in [-0.2, -0.15) is 0 Å². The molecule has 1 aromatic rings. The highest BCUT2D eigenvalue weighted by atomic mass is 16.4. The lowest BCUT2D eigenvalue weighted by atomic mass is 9.95. The molecule has 2 fully saturated rings. The maximum atomic E-state index is 12.7. The van der Waals surface area contributed by atoms with E-state index >= 15 is 0 Å². The quantitative estimate of drug-likeness (QED) is 0.509. The highest BCUT2D eigenvalue weighted by molar-refractivity contribution is 5.94. The molecule has 3 heterocycles. The van der Waals surface area contributed by atoms with E-state index in [-0.39, 0.29) is 17.7 Å². The molecule has 0 aromatic carbocycles. The van der Waals surface area contributed by atoms with Crippen molar-refractivity contribution in [1.29, 1.82) is 0 Å². The van der Waals surface area contributed by atoms with Crippen LogP contribution in [-0.4, -0.2) is 84.9 Å². The molecule has 8 nitrogen and oxygen atoms in total.